The fraction of sp³-hybridized carbons (Fsp3) is 0.647. The summed E-state index contributed by atoms with van der Waals surface area (Å²) in [7, 11) is 0. The zero-order chi connectivity index (χ0) is 14.1. The summed E-state index contributed by atoms with van der Waals surface area (Å²) in [6.07, 6.45) is 6.64. The number of rotatable bonds is 2. The Balaban J connectivity index is 1.94. The van der Waals surface area contributed by atoms with Crippen LogP contribution in [0.3, 0.4) is 0 Å². The smallest absolute Gasteiger partial charge is 0.0595 e. The van der Waals surface area contributed by atoms with Crippen molar-refractivity contribution in [3.05, 3.63) is 33.8 Å². The minimum atomic E-state index is 0.629. The molecule has 2 aliphatic heterocycles. The molecule has 0 unspecified atom stereocenters. The standard InChI is InChI=1S/C17H23Cl2N/c1-2-12-8-10-20-9-4-3-5-16(20)17(12)13-6-7-14(18)15(19)11-13/h6-7,11-12,16-17H,2-5,8-10H2,1H3/t12-,16+,17+/m0/s1. The van der Waals surface area contributed by atoms with Gasteiger partial charge in [-0.2, -0.15) is 0 Å². The van der Waals surface area contributed by atoms with Crippen molar-refractivity contribution < 1.29 is 0 Å². The second-order valence-corrected chi connectivity index (χ2v) is 7.07. The third-order valence-electron chi connectivity index (χ3n) is 5.23. The number of fused-ring (bicyclic) bond motifs is 1. The Kier molecular flexibility index (Phi) is 4.59. The summed E-state index contributed by atoms with van der Waals surface area (Å²) in [4.78, 5) is 2.71. The summed E-state index contributed by atoms with van der Waals surface area (Å²) in [6, 6.07) is 6.97. The number of nitrogens with zero attached hydrogens (tertiary/aromatic N) is 1. The van der Waals surface area contributed by atoms with E-state index in [1.165, 1.54) is 50.8 Å². The van der Waals surface area contributed by atoms with E-state index < -0.39 is 0 Å². The minimum absolute atomic E-state index is 0.629. The molecule has 20 heavy (non-hydrogen) atoms. The van der Waals surface area contributed by atoms with Crippen molar-refractivity contribution in [2.75, 3.05) is 13.1 Å². The van der Waals surface area contributed by atoms with Crippen LogP contribution < -0.4 is 0 Å². The summed E-state index contributed by atoms with van der Waals surface area (Å²) >= 11 is 12.3. The maximum atomic E-state index is 6.25. The maximum Gasteiger partial charge on any atom is 0.0595 e. The number of halogens is 2. The molecule has 0 radical (unpaired) electrons. The molecule has 0 saturated carbocycles. The van der Waals surface area contributed by atoms with Crippen LogP contribution in [0.15, 0.2) is 18.2 Å². The number of hydrogen-bond acceptors (Lipinski definition) is 1. The SMILES string of the molecule is CC[C@H]1CCN2CCCC[C@@H]2[C@H]1c1ccc(Cl)c(Cl)c1. The lowest BCUT2D eigenvalue weighted by Gasteiger charge is -2.48. The van der Waals surface area contributed by atoms with E-state index in [4.69, 9.17) is 23.2 Å². The van der Waals surface area contributed by atoms with Gasteiger partial charge in [0, 0.05) is 12.0 Å². The molecule has 3 heteroatoms. The van der Waals surface area contributed by atoms with Crippen LogP contribution in [0.4, 0.5) is 0 Å². The Bertz CT molecular complexity index is 474. The van der Waals surface area contributed by atoms with Crippen LogP contribution in [0.5, 0.6) is 0 Å². The molecule has 1 aromatic carbocycles. The lowest BCUT2D eigenvalue weighted by molar-refractivity contribution is 0.0547. The highest BCUT2D eigenvalue weighted by atomic mass is 35.5. The molecule has 2 saturated heterocycles. The molecular formula is C17H23Cl2N. The van der Waals surface area contributed by atoms with E-state index in [1.807, 2.05) is 6.07 Å². The summed E-state index contributed by atoms with van der Waals surface area (Å²) in [5.74, 6) is 1.41. The number of piperidine rings is 2. The van der Waals surface area contributed by atoms with E-state index in [0.717, 1.165) is 5.92 Å². The first kappa shape index (κ1) is 14.7. The number of benzene rings is 1. The van der Waals surface area contributed by atoms with E-state index in [1.54, 1.807) is 0 Å². The molecular weight excluding hydrogens is 289 g/mol. The van der Waals surface area contributed by atoms with Gasteiger partial charge in [-0.05, 0) is 56.0 Å². The summed E-state index contributed by atoms with van der Waals surface area (Å²) in [5, 5.41) is 1.37. The van der Waals surface area contributed by atoms with Gasteiger partial charge in [-0.25, -0.2) is 0 Å². The molecule has 2 fully saturated rings. The van der Waals surface area contributed by atoms with Crippen molar-refractivity contribution in [1.29, 1.82) is 0 Å². The average Bonchev–Trinajstić information content (AvgIpc) is 2.49. The van der Waals surface area contributed by atoms with Gasteiger partial charge in [-0.3, -0.25) is 4.90 Å². The van der Waals surface area contributed by atoms with Crippen molar-refractivity contribution in [3.8, 4) is 0 Å². The summed E-state index contributed by atoms with van der Waals surface area (Å²) in [6.45, 7) is 4.88. The lowest BCUT2D eigenvalue weighted by atomic mass is 9.72. The van der Waals surface area contributed by atoms with Gasteiger partial charge in [0.2, 0.25) is 0 Å². The molecule has 110 valence electrons. The Hall–Kier alpha value is -0.240. The van der Waals surface area contributed by atoms with E-state index in [2.05, 4.69) is 24.0 Å². The fourth-order valence-electron chi connectivity index (χ4n) is 4.20. The van der Waals surface area contributed by atoms with Crippen molar-refractivity contribution in [1.82, 2.24) is 4.90 Å². The molecule has 1 aromatic rings. The highest BCUT2D eigenvalue weighted by Crippen LogP contribution is 2.43. The first-order chi connectivity index (χ1) is 9.70. The molecule has 2 heterocycles. The van der Waals surface area contributed by atoms with Gasteiger partial charge in [0.1, 0.15) is 0 Å². The Morgan fingerprint density at radius 3 is 2.70 bits per heavy atom. The third kappa shape index (κ3) is 2.73. The van der Waals surface area contributed by atoms with Crippen molar-refractivity contribution in [3.63, 3.8) is 0 Å². The first-order valence-corrected chi connectivity index (χ1v) is 8.65. The van der Waals surface area contributed by atoms with Crippen LogP contribution >= 0.6 is 23.2 Å². The van der Waals surface area contributed by atoms with Crippen molar-refractivity contribution in [2.45, 2.75) is 51.0 Å². The highest BCUT2D eigenvalue weighted by Gasteiger charge is 2.39. The molecule has 3 rings (SSSR count). The van der Waals surface area contributed by atoms with Crippen LogP contribution in [0, 0.1) is 5.92 Å². The Labute approximate surface area is 132 Å². The molecule has 0 amide bonds. The van der Waals surface area contributed by atoms with Crippen LogP contribution in [0.2, 0.25) is 10.0 Å². The van der Waals surface area contributed by atoms with E-state index in [9.17, 15) is 0 Å². The van der Waals surface area contributed by atoms with Gasteiger partial charge in [-0.1, -0.05) is 49.0 Å². The molecule has 2 aliphatic rings. The van der Waals surface area contributed by atoms with E-state index in [-0.39, 0.29) is 0 Å². The molecule has 3 atom stereocenters. The topological polar surface area (TPSA) is 3.24 Å². The third-order valence-corrected chi connectivity index (χ3v) is 5.97. The predicted octanol–water partition coefficient (Wildman–Crippen LogP) is 5.36. The van der Waals surface area contributed by atoms with Crippen LogP contribution in [-0.2, 0) is 0 Å². The maximum absolute atomic E-state index is 6.25. The van der Waals surface area contributed by atoms with Gasteiger partial charge in [0.05, 0.1) is 10.0 Å². The van der Waals surface area contributed by atoms with Crippen molar-refractivity contribution in [2.24, 2.45) is 5.92 Å². The fourth-order valence-corrected chi connectivity index (χ4v) is 4.51. The Morgan fingerprint density at radius 2 is 1.95 bits per heavy atom. The monoisotopic (exact) mass is 311 g/mol. The highest BCUT2D eigenvalue weighted by molar-refractivity contribution is 6.42. The second kappa shape index (κ2) is 6.25. The minimum Gasteiger partial charge on any atom is -0.300 e. The molecule has 0 spiro atoms. The normalized spacial score (nSPS) is 31.1. The summed E-state index contributed by atoms with van der Waals surface area (Å²) in [5.41, 5.74) is 1.39. The van der Waals surface area contributed by atoms with Crippen LogP contribution in [0.1, 0.15) is 50.5 Å². The van der Waals surface area contributed by atoms with E-state index in [0.29, 0.717) is 22.0 Å². The summed E-state index contributed by atoms with van der Waals surface area (Å²) < 4.78 is 0. The molecule has 0 aromatic heterocycles. The van der Waals surface area contributed by atoms with Gasteiger partial charge >= 0.3 is 0 Å². The Morgan fingerprint density at radius 1 is 1.10 bits per heavy atom. The lowest BCUT2D eigenvalue weighted by Crippen LogP contribution is -2.50. The van der Waals surface area contributed by atoms with Gasteiger partial charge in [0.15, 0.2) is 0 Å². The predicted molar refractivity (Wildman–Crippen MR) is 86.8 cm³/mol. The first-order valence-electron chi connectivity index (χ1n) is 7.89. The number of hydrogen-bond donors (Lipinski definition) is 0. The molecule has 0 aliphatic carbocycles. The largest absolute Gasteiger partial charge is 0.300 e. The van der Waals surface area contributed by atoms with Crippen LogP contribution in [-0.4, -0.2) is 24.0 Å². The second-order valence-electron chi connectivity index (χ2n) is 6.26. The molecule has 0 N–H and O–H groups in total. The quantitative estimate of drug-likeness (QED) is 0.710. The van der Waals surface area contributed by atoms with E-state index >= 15 is 0 Å². The zero-order valence-corrected chi connectivity index (χ0v) is 13.6. The van der Waals surface area contributed by atoms with Gasteiger partial charge < -0.3 is 0 Å². The molecule has 0 bridgehead atoms. The zero-order valence-electron chi connectivity index (χ0n) is 12.1. The average molecular weight is 312 g/mol. The van der Waals surface area contributed by atoms with Gasteiger partial charge in [0.25, 0.3) is 0 Å². The van der Waals surface area contributed by atoms with Crippen molar-refractivity contribution >= 4 is 23.2 Å². The molecule has 1 nitrogen and oxygen atoms in total. The van der Waals surface area contributed by atoms with Crippen LogP contribution in [0.25, 0.3) is 0 Å². The van der Waals surface area contributed by atoms with Gasteiger partial charge in [-0.15, -0.1) is 0 Å².